The van der Waals surface area contributed by atoms with Gasteiger partial charge in [0.25, 0.3) is 0 Å². The number of hydrogen-bond donors (Lipinski definition) is 0. The first-order valence-corrected chi connectivity index (χ1v) is 4.65. The summed E-state index contributed by atoms with van der Waals surface area (Å²) in [7, 11) is 0. The van der Waals surface area contributed by atoms with Crippen LogP contribution in [0.2, 0.25) is 0 Å². The van der Waals surface area contributed by atoms with Crippen LogP contribution in [0.4, 0.5) is 0 Å². The van der Waals surface area contributed by atoms with E-state index in [1.807, 2.05) is 6.08 Å². The highest BCUT2D eigenvalue weighted by molar-refractivity contribution is 4.99. The van der Waals surface area contributed by atoms with Crippen molar-refractivity contribution in [3.05, 3.63) is 24.3 Å². The second-order valence-electron chi connectivity index (χ2n) is 2.73. The number of rotatable bonds is 6. The van der Waals surface area contributed by atoms with Crippen LogP contribution in [0.15, 0.2) is 24.3 Å². The van der Waals surface area contributed by atoms with Crippen LogP contribution < -0.4 is 0 Å². The second-order valence-corrected chi connectivity index (χ2v) is 2.73. The van der Waals surface area contributed by atoms with Crippen LogP contribution >= 0.6 is 0 Å². The molecular formula is C12H18. The summed E-state index contributed by atoms with van der Waals surface area (Å²) in [5.41, 5.74) is 0. The molecule has 0 nitrogen and oxygen atoms in total. The molecule has 0 spiro atoms. The van der Waals surface area contributed by atoms with E-state index in [4.69, 9.17) is 6.42 Å². The van der Waals surface area contributed by atoms with Crippen molar-refractivity contribution in [2.45, 2.75) is 39.0 Å². The Morgan fingerprint density at radius 3 is 2.58 bits per heavy atom. The lowest BCUT2D eigenvalue weighted by Crippen LogP contribution is -1.66. The number of allylic oxidation sites excluding steroid dienone is 4. The van der Waals surface area contributed by atoms with Crippen molar-refractivity contribution in [3.8, 4) is 12.3 Å². The summed E-state index contributed by atoms with van der Waals surface area (Å²) in [6.07, 6.45) is 19.2. The monoisotopic (exact) mass is 162 g/mol. The minimum absolute atomic E-state index is 0.753. The molecule has 0 aromatic heterocycles. The van der Waals surface area contributed by atoms with Crippen molar-refractivity contribution in [3.63, 3.8) is 0 Å². The predicted molar refractivity (Wildman–Crippen MR) is 55.9 cm³/mol. The van der Waals surface area contributed by atoms with Crippen LogP contribution in [0.1, 0.15) is 39.0 Å². The van der Waals surface area contributed by atoms with Crippen molar-refractivity contribution >= 4 is 0 Å². The topological polar surface area (TPSA) is 0 Å². The van der Waals surface area contributed by atoms with E-state index in [-0.39, 0.29) is 0 Å². The maximum Gasteiger partial charge on any atom is 0.0267 e. The highest BCUT2D eigenvalue weighted by atomic mass is 13.8. The van der Waals surface area contributed by atoms with Crippen molar-refractivity contribution in [2.75, 3.05) is 0 Å². The molecule has 0 aliphatic rings. The van der Waals surface area contributed by atoms with Crippen molar-refractivity contribution in [1.82, 2.24) is 0 Å². The zero-order chi connectivity index (χ0) is 9.07. The molecule has 0 heteroatoms. The van der Waals surface area contributed by atoms with Gasteiger partial charge in [-0.1, -0.05) is 44.1 Å². The largest absolute Gasteiger partial charge is 0.120 e. The Bertz CT molecular complexity index is 167. The van der Waals surface area contributed by atoms with E-state index >= 15 is 0 Å². The van der Waals surface area contributed by atoms with Crippen LogP contribution in [0.5, 0.6) is 0 Å². The van der Waals surface area contributed by atoms with Gasteiger partial charge in [-0.25, -0.2) is 0 Å². The predicted octanol–water partition coefficient (Wildman–Crippen LogP) is 3.70. The summed E-state index contributed by atoms with van der Waals surface area (Å²) in [5, 5.41) is 0. The average molecular weight is 162 g/mol. The zero-order valence-corrected chi connectivity index (χ0v) is 7.92. The van der Waals surface area contributed by atoms with Gasteiger partial charge in [-0.15, -0.1) is 12.3 Å². The van der Waals surface area contributed by atoms with Gasteiger partial charge in [-0.2, -0.15) is 0 Å². The SMILES string of the molecule is C#CC/C=C/C/C=C/CCCC. The van der Waals surface area contributed by atoms with E-state index < -0.39 is 0 Å². The summed E-state index contributed by atoms with van der Waals surface area (Å²) in [5.74, 6) is 2.57. The maximum atomic E-state index is 5.09. The molecular weight excluding hydrogens is 144 g/mol. The van der Waals surface area contributed by atoms with Crippen LogP contribution in [0.25, 0.3) is 0 Å². The summed E-state index contributed by atoms with van der Waals surface area (Å²) < 4.78 is 0. The fourth-order valence-electron chi connectivity index (χ4n) is 0.862. The summed E-state index contributed by atoms with van der Waals surface area (Å²) in [4.78, 5) is 0. The van der Waals surface area contributed by atoms with Gasteiger partial charge in [0.1, 0.15) is 0 Å². The van der Waals surface area contributed by atoms with E-state index in [1.165, 1.54) is 19.3 Å². The third kappa shape index (κ3) is 9.04. The zero-order valence-electron chi connectivity index (χ0n) is 7.92. The molecule has 12 heavy (non-hydrogen) atoms. The molecule has 0 rings (SSSR count). The smallest absolute Gasteiger partial charge is 0.0267 e. The second kappa shape index (κ2) is 10.0. The molecule has 0 bridgehead atoms. The fraction of sp³-hybridized carbons (Fsp3) is 0.500. The van der Waals surface area contributed by atoms with E-state index in [0.717, 1.165) is 12.8 Å². The number of terminal acetylenes is 1. The minimum Gasteiger partial charge on any atom is -0.120 e. The van der Waals surface area contributed by atoms with E-state index in [2.05, 4.69) is 31.1 Å². The first-order chi connectivity index (χ1) is 5.91. The molecule has 0 radical (unpaired) electrons. The quantitative estimate of drug-likeness (QED) is 0.317. The van der Waals surface area contributed by atoms with Gasteiger partial charge in [0.05, 0.1) is 0 Å². The van der Waals surface area contributed by atoms with Crippen molar-refractivity contribution in [1.29, 1.82) is 0 Å². The minimum atomic E-state index is 0.753. The molecule has 0 aliphatic carbocycles. The van der Waals surface area contributed by atoms with Gasteiger partial charge in [0.15, 0.2) is 0 Å². The maximum absolute atomic E-state index is 5.09. The average Bonchev–Trinajstić information content (AvgIpc) is 2.10. The highest BCUT2D eigenvalue weighted by Crippen LogP contribution is 1.96. The molecule has 0 amide bonds. The summed E-state index contributed by atoms with van der Waals surface area (Å²) in [6.45, 7) is 2.21. The fourth-order valence-corrected chi connectivity index (χ4v) is 0.862. The third-order valence-electron chi connectivity index (χ3n) is 1.57. The number of hydrogen-bond acceptors (Lipinski definition) is 0. The first-order valence-electron chi connectivity index (χ1n) is 4.65. The molecule has 0 unspecified atom stereocenters. The molecule has 0 aromatic carbocycles. The summed E-state index contributed by atoms with van der Waals surface area (Å²) >= 11 is 0. The Labute approximate surface area is 76.4 Å². The Balaban J connectivity index is 3.19. The van der Waals surface area contributed by atoms with Crippen LogP contribution in [0, 0.1) is 12.3 Å². The molecule has 0 fully saturated rings. The lowest BCUT2D eigenvalue weighted by Gasteiger charge is -1.86. The first kappa shape index (κ1) is 11.0. The molecule has 66 valence electrons. The van der Waals surface area contributed by atoms with E-state index in [1.54, 1.807) is 0 Å². The third-order valence-corrected chi connectivity index (χ3v) is 1.57. The van der Waals surface area contributed by atoms with Gasteiger partial charge in [0.2, 0.25) is 0 Å². The van der Waals surface area contributed by atoms with Crippen LogP contribution in [-0.4, -0.2) is 0 Å². The Morgan fingerprint density at radius 1 is 1.17 bits per heavy atom. The standard InChI is InChI=1S/C12H18/c1-3-5-7-9-11-12-10-8-6-4-2/h1,7,9-10,12H,4-6,8,11H2,2H3/b9-7+,12-10+. The van der Waals surface area contributed by atoms with Crippen molar-refractivity contribution < 1.29 is 0 Å². The Morgan fingerprint density at radius 2 is 1.92 bits per heavy atom. The van der Waals surface area contributed by atoms with Crippen LogP contribution in [0.3, 0.4) is 0 Å². The molecule has 0 atom stereocenters. The van der Waals surface area contributed by atoms with Gasteiger partial charge < -0.3 is 0 Å². The van der Waals surface area contributed by atoms with Crippen molar-refractivity contribution in [2.24, 2.45) is 0 Å². The normalized spacial score (nSPS) is 11.0. The summed E-state index contributed by atoms with van der Waals surface area (Å²) in [6, 6.07) is 0. The molecule has 0 aromatic rings. The lowest BCUT2D eigenvalue weighted by atomic mass is 10.2. The Hall–Kier alpha value is -0.960. The van der Waals surface area contributed by atoms with Gasteiger partial charge in [-0.3, -0.25) is 0 Å². The highest BCUT2D eigenvalue weighted by Gasteiger charge is 1.76. The Kier molecular flexibility index (Phi) is 9.24. The van der Waals surface area contributed by atoms with Gasteiger partial charge in [0, 0.05) is 6.42 Å². The molecule has 0 N–H and O–H groups in total. The van der Waals surface area contributed by atoms with E-state index in [9.17, 15) is 0 Å². The molecule has 0 heterocycles. The van der Waals surface area contributed by atoms with E-state index in [0.29, 0.717) is 0 Å². The molecule has 0 aliphatic heterocycles. The van der Waals surface area contributed by atoms with Gasteiger partial charge >= 0.3 is 0 Å². The molecule has 0 saturated heterocycles. The lowest BCUT2D eigenvalue weighted by molar-refractivity contribution is 0.813. The van der Waals surface area contributed by atoms with Gasteiger partial charge in [-0.05, 0) is 12.8 Å². The van der Waals surface area contributed by atoms with Crippen LogP contribution in [-0.2, 0) is 0 Å². The number of unbranched alkanes of at least 4 members (excludes halogenated alkanes) is 2. The molecule has 0 saturated carbocycles.